The monoisotopic (exact) mass is 489 g/mol. The van der Waals surface area contributed by atoms with Gasteiger partial charge in [0.25, 0.3) is 0 Å². The van der Waals surface area contributed by atoms with Gasteiger partial charge in [-0.15, -0.1) is 0 Å². The Morgan fingerprint density at radius 2 is 1.88 bits per heavy atom. The molecule has 0 radical (unpaired) electrons. The predicted octanol–water partition coefficient (Wildman–Crippen LogP) is 4.94. The van der Waals surface area contributed by atoms with E-state index in [1.165, 1.54) is 12.1 Å². The van der Waals surface area contributed by atoms with Crippen molar-refractivity contribution in [3.8, 4) is 0 Å². The second-order valence-corrected chi connectivity index (χ2v) is 10.3. The number of alkyl halides is 3. The second kappa shape index (κ2) is 12.9. The van der Waals surface area contributed by atoms with E-state index in [1.807, 2.05) is 30.0 Å². The first-order chi connectivity index (χ1) is 15.6. The average molecular weight is 490 g/mol. The van der Waals surface area contributed by atoms with Crippen LogP contribution in [0.25, 0.3) is 0 Å². The summed E-state index contributed by atoms with van der Waals surface area (Å²) in [5, 5.41) is 0. The highest BCUT2D eigenvalue weighted by Crippen LogP contribution is 2.31. The standard InChI is InChI=1S/C24H38F3N3O2S/c1-5-7-14-29(6-2)23(31)13-17-28-15-11-21(12-16-28)30(19(3)4)33(32)22-10-8-9-20(18-22)24(25,26)27/h8-10,18-19,21H,5-7,11-17H2,1-4H3. The first kappa shape index (κ1) is 27.8. The maximum atomic E-state index is 13.3. The van der Waals surface area contributed by atoms with Gasteiger partial charge in [-0.2, -0.15) is 13.2 Å². The summed E-state index contributed by atoms with van der Waals surface area (Å²) >= 11 is 0. The van der Waals surface area contributed by atoms with E-state index in [4.69, 9.17) is 0 Å². The molecule has 1 aliphatic heterocycles. The number of amides is 1. The molecule has 2 rings (SSSR count). The van der Waals surface area contributed by atoms with Crippen molar-refractivity contribution in [2.75, 3.05) is 32.7 Å². The minimum Gasteiger partial charge on any atom is -0.343 e. The van der Waals surface area contributed by atoms with Gasteiger partial charge in [0.2, 0.25) is 5.91 Å². The largest absolute Gasteiger partial charge is 0.416 e. The quantitative estimate of drug-likeness (QED) is 0.442. The Kier molecular flexibility index (Phi) is 10.8. The second-order valence-electron chi connectivity index (χ2n) is 8.88. The highest BCUT2D eigenvalue weighted by atomic mass is 32.2. The van der Waals surface area contributed by atoms with Gasteiger partial charge in [-0.25, -0.2) is 8.51 Å². The Morgan fingerprint density at radius 1 is 1.21 bits per heavy atom. The normalized spacial score (nSPS) is 17.0. The van der Waals surface area contributed by atoms with E-state index in [1.54, 1.807) is 0 Å². The molecular formula is C24H38F3N3O2S. The van der Waals surface area contributed by atoms with Gasteiger partial charge in [-0.3, -0.25) is 4.79 Å². The van der Waals surface area contributed by atoms with Crippen LogP contribution in [-0.2, 0) is 22.0 Å². The minimum atomic E-state index is -4.46. The van der Waals surface area contributed by atoms with Crippen LogP contribution in [0.1, 0.15) is 65.4 Å². The fourth-order valence-electron chi connectivity index (χ4n) is 4.27. The third kappa shape index (κ3) is 8.07. The number of unbranched alkanes of at least 4 members (excludes halogenated alkanes) is 1. The number of likely N-dealkylation sites (tertiary alicyclic amines) is 1. The molecule has 0 aliphatic carbocycles. The number of piperidine rings is 1. The van der Waals surface area contributed by atoms with Crippen LogP contribution in [-0.4, -0.2) is 69.0 Å². The van der Waals surface area contributed by atoms with E-state index in [-0.39, 0.29) is 22.9 Å². The third-order valence-corrected chi connectivity index (χ3v) is 7.90. The lowest BCUT2D eigenvalue weighted by Gasteiger charge is -2.39. The smallest absolute Gasteiger partial charge is 0.343 e. The van der Waals surface area contributed by atoms with Crippen LogP contribution in [0.2, 0.25) is 0 Å². The number of halogens is 3. The van der Waals surface area contributed by atoms with E-state index < -0.39 is 22.7 Å². The molecule has 0 N–H and O–H groups in total. The molecule has 0 bridgehead atoms. The summed E-state index contributed by atoms with van der Waals surface area (Å²) in [6.07, 6.45) is -0.360. The molecule has 1 aromatic carbocycles. The molecule has 1 fully saturated rings. The van der Waals surface area contributed by atoms with Crippen LogP contribution < -0.4 is 0 Å². The molecule has 1 saturated heterocycles. The van der Waals surface area contributed by atoms with Gasteiger partial charge in [0.15, 0.2) is 0 Å². The number of hydrogen-bond acceptors (Lipinski definition) is 3. The van der Waals surface area contributed by atoms with E-state index in [9.17, 15) is 22.2 Å². The zero-order valence-electron chi connectivity index (χ0n) is 20.2. The van der Waals surface area contributed by atoms with Crippen LogP contribution >= 0.6 is 0 Å². The third-order valence-electron chi connectivity index (χ3n) is 6.14. The van der Waals surface area contributed by atoms with Gasteiger partial charge >= 0.3 is 6.18 Å². The van der Waals surface area contributed by atoms with Crippen LogP contribution in [0.3, 0.4) is 0 Å². The molecule has 0 aromatic heterocycles. The number of nitrogens with zero attached hydrogens (tertiary/aromatic N) is 3. The number of hydrogen-bond donors (Lipinski definition) is 0. The minimum absolute atomic E-state index is 0.0176. The van der Waals surface area contributed by atoms with Crippen LogP contribution in [0, 0.1) is 0 Å². The molecule has 188 valence electrons. The highest BCUT2D eigenvalue weighted by molar-refractivity contribution is 7.82. The molecule has 1 amide bonds. The van der Waals surface area contributed by atoms with Gasteiger partial charge in [-0.1, -0.05) is 19.4 Å². The lowest BCUT2D eigenvalue weighted by Crippen LogP contribution is -2.48. The van der Waals surface area contributed by atoms with Crippen molar-refractivity contribution in [2.24, 2.45) is 0 Å². The Labute approximate surface area is 198 Å². The molecule has 1 atom stereocenters. The topological polar surface area (TPSA) is 43.9 Å². The number of rotatable bonds is 11. The Morgan fingerprint density at radius 3 is 2.42 bits per heavy atom. The summed E-state index contributed by atoms with van der Waals surface area (Å²) in [6, 6.07) is 4.75. The molecule has 1 aliphatic rings. The van der Waals surface area contributed by atoms with E-state index in [0.29, 0.717) is 13.0 Å². The fraction of sp³-hybridized carbons (Fsp3) is 0.708. The first-order valence-electron chi connectivity index (χ1n) is 12.0. The molecule has 1 heterocycles. The van der Waals surface area contributed by atoms with Crippen molar-refractivity contribution in [3.05, 3.63) is 29.8 Å². The van der Waals surface area contributed by atoms with E-state index in [2.05, 4.69) is 11.8 Å². The van der Waals surface area contributed by atoms with Gasteiger partial charge in [-0.05, 0) is 71.3 Å². The number of carbonyl (C=O) groups excluding carboxylic acids is 1. The predicted molar refractivity (Wildman–Crippen MR) is 126 cm³/mol. The summed E-state index contributed by atoms with van der Waals surface area (Å²) < 4.78 is 54.4. The number of benzene rings is 1. The fourth-order valence-corrected chi connectivity index (χ4v) is 5.80. The Hall–Kier alpha value is -1.45. The Bertz CT molecular complexity index is 780. The van der Waals surface area contributed by atoms with Crippen molar-refractivity contribution < 1.29 is 22.2 Å². The molecule has 1 unspecified atom stereocenters. The van der Waals surface area contributed by atoms with Crippen LogP contribution in [0.4, 0.5) is 13.2 Å². The summed E-state index contributed by atoms with van der Waals surface area (Å²) in [7, 11) is -1.67. The van der Waals surface area contributed by atoms with Gasteiger partial charge < -0.3 is 9.80 Å². The molecule has 0 spiro atoms. The zero-order chi connectivity index (χ0) is 24.6. The average Bonchev–Trinajstić information content (AvgIpc) is 2.78. The maximum Gasteiger partial charge on any atom is 0.416 e. The van der Waals surface area contributed by atoms with Gasteiger partial charge in [0, 0.05) is 38.1 Å². The molecule has 5 nitrogen and oxygen atoms in total. The highest BCUT2D eigenvalue weighted by Gasteiger charge is 2.34. The van der Waals surface area contributed by atoms with Crippen molar-refractivity contribution in [1.82, 2.24) is 14.1 Å². The Balaban J connectivity index is 1.95. The molecule has 33 heavy (non-hydrogen) atoms. The van der Waals surface area contributed by atoms with Crippen LogP contribution in [0.15, 0.2) is 29.2 Å². The lowest BCUT2D eigenvalue weighted by molar-refractivity contribution is -0.137. The summed E-state index contributed by atoms with van der Waals surface area (Å²) in [5.41, 5.74) is -0.781. The molecule has 9 heteroatoms. The van der Waals surface area contributed by atoms with Crippen molar-refractivity contribution >= 4 is 16.9 Å². The maximum absolute atomic E-state index is 13.3. The molecule has 0 saturated carbocycles. The van der Waals surface area contributed by atoms with Gasteiger partial charge in [0.05, 0.1) is 10.5 Å². The van der Waals surface area contributed by atoms with Crippen molar-refractivity contribution in [1.29, 1.82) is 0 Å². The number of carbonyl (C=O) groups is 1. The SMILES string of the molecule is CCCCN(CC)C(=O)CCN1CCC(N(C(C)C)S(=O)c2cccc(C(F)(F)F)c2)CC1. The van der Waals surface area contributed by atoms with Gasteiger partial charge in [0.1, 0.15) is 11.0 Å². The zero-order valence-corrected chi connectivity index (χ0v) is 21.1. The van der Waals surface area contributed by atoms with Crippen molar-refractivity contribution in [2.45, 2.75) is 83.0 Å². The van der Waals surface area contributed by atoms with E-state index in [0.717, 1.165) is 64.0 Å². The van der Waals surface area contributed by atoms with Crippen LogP contribution in [0.5, 0.6) is 0 Å². The summed E-state index contributed by atoms with van der Waals surface area (Å²) in [6.45, 7) is 11.8. The lowest BCUT2D eigenvalue weighted by atomic mass is 10.0. The molecular weight excluding hydrogens is 451 g/mol. The van der Waals surface area contributed by atoms with Crippen molar-refractivity contribution in [3.63, 3.8) is 0 Å². The first-order valence-corrected chi connectivity index (χ1v) is 13.1. The molecule has 1 aromatic rings. The van der Waals surface area contributed by atoms with E-state index >= 15 is 0 Å². The summed E-state index contributed by atoms with van der Waals surface area (Å²) in [4.78, 5) is 16.8. The summed E-state index contributed by atoms with van der Waals surface area (Å²) in [5.74, 6) is 0.183.